The highest BCUT2D eigenvalue weighted by Gasteiger charge is 2.23. The van der Waals surface area contributed by atoms with Crippen LogP contribution >= 0.6 is 0 Å². The Balaban J connectivity index is 2.01. The Morgan fingerprint density at radius 2 is 2.00 bits per heavy atom. The number of benzene rings is 1. The molecule has 82 valence electrons. The highest BCUT2D eigenvalue weighted by atomic mass is 32.2. The van der Waals surface area contributed by atoms with E-state index in [1.54, 1.807) is 4.31 Å². The first-order chi connectivity index (χ1) is 7.27. The van der Waals surface area contributed by atoms with E-state index in [9.17, 15) is 8.76 Å². The van der Waals surface area contributed by atoms with E-state index in [1.165, 1.54) is 12.8 Å². The maximum Gasteiger partial charge on any atom is 0.261 e. The van der Waals surface area contributed by atoms with E-state index in [-0.39, 0.29) is 0 Å². The first-order valence-electron chi connectivity index (χ1n) is 5.21. The lowest BCUT2D eigenvalue weighted by atomic mass is 10.2. The smallest absolute Gasteiger partial charge is 0.261 e. The van der Waals surface area contributed by atoms with E-state index in [1.807, 2.05) is 30.3 Å². The zero-order chi connectivity index (χ0) is 10.7. The molecule has 0 amide bonds. The first kappa shape index (κ1) is 10.6. The van der Waals surface area contributed by atoms with E-state index in [0.717, 1.165) is 18.0 Å². The van der Waals surface area contributed by atoms with Gasteiger partial charge in [-0.3, -0.25) is 8.86 Å². The molecule has 0 saturated heterocycles. The summed E-state index contributed by atoms with van der Waals surface area (Å²) >= 11 is -1.91. The standard InChI is InChI=1S/C11H15NO2S/c13-15(14)12(9-8-10-6-7-10)11-4-2-1-3-5-11/h1-5,10H,6-9H2,(H,13,14). The molecule has 1 N–H and O–H groups in total. The average molecular weight is 225 g/mol. The van der Waals surface area contributed by atoms with E-state index < -0.39 is 11.3 Å². The summed E-state index contributed by atoms with van der Waals surface area (Å²) in [5.74, 6) is 0.778. The molecular weight excluding hydrogens is 210 g/mol. The van der Waals surface area contributed by atoms with E-state index in [2.05, 4.69) is 0 Å². The maximum absolute atomic E-state index is 11.2. The second-order valence-corrected chi connectivity index (χ2v) is 4.80. The maximum atomic E-state index is 11.2. The van der Waals surface area contributed by atoms with Gasteiger partial charge in [-0.2, -0.15) is 0 Å². The Morgan fingerprint density at radius 1 is 1.33 bits per heavy atom. The van der Waals surface area contributed by atoms with Crippen LogP contribution < -0.4 is 4.31 Å². The topological polar surface area (TPSA) is 40.5 Å². The van der Waals surface area contributed by atoms with Crippen molar-refractivity contribution in [2.45, 2.75) is 19.3 Å². The first-order valence-corrected chi connectivity index (χ1v) is 6.27. The molecule has 1 aromatic carbocycles. The average Bonchev–Trinajstić information content (AvgIpc) is 3.03. The van der Waals surface area contributed by atoms with Crippen LogP contribution in [-0.4, -0.2) is 15.3 Å². The molecule has 0 radical (unpaired) electrons. The van der Waals surface area contributed by atoms with Crippen LogP contribution in [0, 0.1) is 5.92 Å². The lowest BCUT2D eigenvalue weighted by Crippen LogP contribution is -2.26. The second-order valence-electron chi connectivity index (χ2n) is 3.90. The molecule has 0 bridgehead atoms. The fraction of sp³-hybridized carbons (Fsp3) is 0.455. The van der Waals surface area contributed by atoms with Gasteiger partial charge in [0.2, 0.25) is 0 Å². The van der Waals surface area contributed by atoms with Crippen molar-refractivity contribution in [3.05, 3.63) is 30.3 Å². The summed E-state index contributed by atoms with van der Waals surface area (Å²) in [4.78, 5) is 0. The van der Waals surface area contributed by atoms with Gasteiger partial charge in [0.05, 0.1) is 5.69 Å². The SMILES string of the molecule is O=S(O)N(CCC1CC1)c1ccccc1. The molecule has 1 aliphatic carbocycles. The summed E-state index contributed by atoms with van der Waals surface area (Å²) in [5, 5.41) is 0. The molecule has 3 nitrogen and oxygen atoms in total. The van der Waals surface area contributed by atoms with Gasteiger partial charge in [0.1, 0.15) is 0 Å². The molecule has 0 heterocycles. The zero-order valence-corrected chi connectivity index (χ0v) is 9.32. The van der Waals surface area contributed by atoms with Crippen molar-refractivity contribution in [2.24, 2.45) is 5.92 Å². The third-order valence-corrected chi connectivity index (χ3v) is 3.44. The number of para-hydroxylation sites is 1. The lowest BCUT2D eigenvalue weighted by Gasteiger charge is -2.19. The van der Waals surface area contributed by atoms with Crippen molar-refractivity contribution in [3.63, 3.8) is 0 Å². The molecule has 2 rings (SSSR count). The molecule has 1 atom stereocenters. The molecule has 4 heteroatoms. The van der Waals surface area contributed by atoms with Crippen molar-refractivity contribution in [1.82, 2.24) is 0 Å². The van der Waals surface area contributed by atoms with Gasteiger partial charge in [0.15, 0.2) is 0 Å². The number of rotatable bonds is 5. The summed E-state index contributed by atoms with van der Waals surface area (Å²) in [6.45, 7) is 0.664. The van der Waals surface area contributed by atoms with Crippen LogP contribution in [0.15, 0.2) is 30.3 Å². The van der Waals surface area contributed by atoms with Gasteiger partial charge in [0, 0.05) is 6.54 Å². The summed E-state index contributed by atoms with van der Waals surface area (Å²) in [6.07, 6.45) is 3.57. The normalized spacial score (nSPS) is 17.4. The number of anilines is 1. The number of hydrogen-bond acceptors (Lipinski definition) is 1. The molecule has 1 aromatic rings. The summed E-state index contributed by atoms with van der Waals surface area (Å²) in [6, 6.07) is 9.39. The van der Waals surface area contributed by atoms with Crippen molar-refractivity contribution in [3.8, 4) is 0 Å². The Labute approximate surface area is 92.5 Å². The number of hydrogen-bond donors (Lipinski definition) is 1. The van der Waals surface area contributed by atoms with Gasteiger partial charge in [-0.15, -0.1) is 0 Å². The Morgan fingerprint density at radius 3 is 2.53 bits per heavy atom. The fourth-order valence-electron chi connectivity index (χ4n) is 1.60. The minimum Gasteiger partial charge on any atom is -0.289 e. The van der Waals surface area contributed by atoms with Gasteiger partial charge >= 0.3 is 0 Å². The second kappa shape index (κ2) is 4.77. The molecule has 1 aliphatic rings. The van der Waals surface area contributed by atoms with Crippen LogP contribution in [0.4, 0.5) is 5.69 Å². The van der Waals surface area contributed by atoms with Crippen LogP contribution in [0.1, 0.15) is 19.3 Å². The Kier molecular flexibility index (Phi) is 3.38. The highest BCUT2D eigenvalue weighted by Crippen LogP contribution is 2.33. The Hall–Kier alpha value is -0.870. The Bertz CT molecular complexity index is 338. The van der Waals surface area contributed by atoms with Crippen molar-refractivity contribution in [1.29, 1.82) is 0 Å². The van der Waals surface area contributed by atoms with Crippen LogP contribution in [0.2, 0.25) is 0 Å². The van der Waals surface area contributed by atoms with E-state index in [0.29, 0.717) is 6.54 Å². The van der Waals surface area contributed by atoms with Crippen LogP contribution in [0.25, 0.3) is 0 Å². The van der Waals surface area contributed by atoms with Crippen LogP contribution in [0.3, 0.4) is 0 Å². The lowest BCUT2D eigenvalue weighted by molar-refractivity contribution is 0.555. The molecule has 1 unspecified atom stereocenters. The van der Waals surface area contributed by atoms with E-state index >= 15 is 0 Å². The molecule has 1 fully saturated rings. The predicted molar refractivity (Wildman–Crippen MR) is 61.9 cm³/mol. The quantitative estimate of drug-likeness (QED) is 0.782. The molecule has 1 saturated carbocycles. The largest absolute Gasteiger partial charge is 0.289 e. The predicted octanol–water partition coefficient (Wildman–Crippen LogP) is 2.43. The van der Waals surface area contributed by atoms with Crippen LogP contribution in [-0.2, 0) is 11.3 Å². The van der Waals surface area contributed by atoms with Crippen LogP contribution in [0.5, 0.6) is 0 Å². The highest BCUT2D eigenvalue weighted by molar-refractivity contribution is 7.80. The monoisotopic (exact) mass is 225 g/mol. The third kappa shape index (κ3) is 3.04. The van der Waals surface area contributed by atoms with Gasteiger partial charge in [0.25, 0.3) is 11.3 Å². The van der Waals surface area contributed by atoms with Gasteiger partial charge < -0.3 is 0 Å². The summed E-state index contributed by atoms with van der Waals surface area (Å²) in [7, 11) is 0. The summed E-state index contributed by atoms with van der Waals surface area (Å²) < 4.78 is 21.9. The van der Waals surface area contributed by atoms with Gasteiger partial charge in [-0.1, -0.05) is 31.0 Å². The third-order valence-electron chi connectivity index (χ3n) is 2.67. The van der Waals surface area contributed by atoms with Crippen molar-refractivity contribution >= 4 is 17.0 Å². The van der Waals surface area contributed by atoms with E-state index in [4.69, 9.17) is 0 Å². The van der Waals surface area contributed by atoms with Crippen molar-refractivity contribution < 1.29 is 8.76 Å². The van der Waals surface area contributed by atoms with Gasteiger partial charge in [-0.05, 0) is 24.5 Å². The van der Waals surface area contributed by atoms with Crippen molar-refractivity contribution in [2.75, 3.05) is 10.8 Å². The molecule has 0 aliphatic heterocycles. The molecule has 0 aromatic heterocycles. The minimum atomic E-state index is -1.91. The number of nitrogens with zero attached hydrogens (tertiary/aromatic N) is 1. The minimum absolute atomic E-state index is 0.664. The molecule has 15 heavy (non-hydrogen) atoms. The zero-order valence-electron chi connectivity index (χ0n) is 8.50. The fourth-order valence-corrected chi connectivity index (χ4v) is 2.16. The van der Waals surface area contributed by atoms with Gasteiger partial charge in [-0.25, -0.2) is 4.21 Å². The summed E-state index contributed by atoms with van der Waals surface area (Å²) in [5.41, 5.74) is 0.819. The molecule has 0 spiro atoms. The molecular formula is C11H15NO2S.